The number of aryl methyl sites for hydroxylation is 1. The molecule has 0 saturated carbocycles. The molecule has 5 heteroatoms. The Morgan fingerprint density at radius 3 is 2.90 bits per heavy atom. The lowest BCUT2D eigenvalue weighted by atomic mass is 10.1. The molecular weight excluding hydrogens is 288 g/mol. The van der Waals surface area contributed by atoms with E-state index in [-0.39, 0.29) is 11.8 Å². The van der Waals surface area contributed by atoms with Gasteiger partial charge in [-0.3, -0.25) is 4.79 Å². The third-order valence-electron chi connectivity index (χ3n) is 3.26. The van der Waals surface area contributed by atoms with Gasteiger partial charge >= 0.3 is 0 Å². The molecule has 1 unspecified atom stereocenters. The van der Waals surface area contributed by atoms with Gasteiger partial charge in [0.05, 0.1) is 15.6 Å². The largest absolute Gasteiger partial charge is 0.356 e. The molecule has 2 aromatic rings. The highest BCUT2D eigenvalue weighted by Gasteiger charge is 2.10. The van der Waals surface area contributed by atoms with Crippen LogP contribution in [-0.4, -0.2) is 17.4 Å². The minimum Gasteiger partial charge on any atom is -0.356 e. The van der Waals surface area contributed by atoms with Gasteiger partial charge < -0.3 is 5.32 Å². The summed E-state index contributed by atoms with van der Waals surface area (Å²) in [5.41, 5.74) is 1.06. The topological polar surface area (TPSA) is 42.0 Å². The molecule has 0 aromatic carbocycles. The molecule has 1 atom stereocenters. The number of aromatic nitrogens is 1. The van der Waals surface area contributed by atoms with Crippen LogP contribution in [-0.2, 0) is 11.2 Å². The smallest absolute Gasteiger partial charge is 0.222 e. The van der Waals surface area contributed by atoms with Gasteiger partial charge in [0.1, 0.15) is 0 Å². The zero-order valence-corrected chi connectivity index (χ0v) is 13.7. The molecule has 20 heavy (non-hydrogen) atoms. The number of thiazole rings is 1. The summed E-state index contributed by atoms with van der Waals surface area (Å²) in [4.78, 5) is 18.7. The molecule has 108 valence electrons. The van der Waals surface area contributed by atoms with Crippen LogP contribution in [0.3, 0.4) is 0 Å². The van der Waals surface area contributed by atoms with Crippen molar-refractivity contribution in [3.05, 3.63) is 27.4 Å². The Bertz CT molecular complexity index is 574. The van der Waals surface area contributed by atoms with E-state index in [0.717, 1.165) is 23.5 Å². The molecule has 2 aromatic heterocycles. The standard InChI is InChI=1S/C15H20N2OS2/c1-4-10(2)15(18)16-8-7-12-5-6-14(20-12)13-9-19-11(3)17-13/h5-6,9-10H,4,7-8H2,1-3H3,(H,16,18). The highest BCUT2D eigenvalue weighted by molar-refractivity contribution is 7.16. The second-order valence-corrected chi connectivity index (χ2v) is 7.10. The van der Waals surface area contributed by atoms with E-state index in [1.54, 1.807) is 22.7 Å². The van der Waals surface area contributed by atoms with E-state index in [9.17, 15) is 4.79 Å². The van der Waals surface area contributed by atoms with Crippen LogP contribution in [0.1, 0.15) is 30.2 Å². The van der Waals surface area contributed by atoms with Gasteiger partial charge in [-0.2, -0.15) is 0 Å². The number of nitrogens with one attached hydrogen (secondary N) is 1. The van der Waals surface area contributed by atoms with Crippen molar-refractivity contribution < 1.29 is 4.79 Å². The summed E-state index contributed by atoms with van der Waals surface area (Å²) in [7, 11) is 0. The molecule has 0 saturated heterocycles. The Balaban J connectivity index is 1.86. The van der Waals surface area contributed by atoms with E-state index < -0.39 is 0 Å². The lowest BCUT2D eigenvalue weighted by Crippen LogP contribution is -2.30. The molecule has 2 heterocycles. The van der Waals surface area contributed by atoms with Crippen molar-refractivity contribution in [3.8, 4) is 10.6 Å². The number of amides is 1. The molecule has 0 aliphatic rings. The Hall–Kier alpha value is -1.20. The normalized spacial score (nSPS) is 12.3. The highest BCUT2D eigenvalue weighted by Crippen LogP contribution is 2.29. The lowest BCUT2D eigenvalue weighted by molar-refractivity contribution is -0.124. The van der Waals surface area contributed by atoms with E-state index in [1.807, 2.05) is 20.8 Å². The van der Waals surface area contributed by atoms with Gasteiger partial charge in [0.25, 0.3) is 0 Å². The van der Waals surface area contributed by atoms with E-state index in [2.05, 4.69) is 27.8 Å². The second-order valence-electron chi connectivity index (χ2n) is 4.87. The molecule has 0 aliphatic carbocycles. The molecule has 2 rings (SSSR count). The fourth-order valence-electron chi connectivity index (χ4n) is 1.80. The highest BCUT2D eigenvalue weighted by atomic mass is 32.1. The molecule has 3 nitrogen and oxygen atoms in total. The molecule has 1 N–H and O–H groups in total. The van der Waals surface area contributed by atoms with Gasteiger partial charge in [0.2, 0.25) is 5.91 Å². The third kappa shape index (κ3) is 3.90. The molecule has 1 amide bonds. The molecule has 0 radical (unpaired) electrons. The van der Waals surface area contributed by atoms with Crippen LogP contribution >= 0.6 is 22.7 Å². The van der Waals surface area contributed by atoms with Crippen molar-refractivity contribution >= 4 is 28.6 Å². The quantitative estimate of drug-likeness (QED) is 0.880. The average molecular weight is 308 g/mol. The monoisotopic (exact) mass is 308 g/mol. The first-order chi connectivity index (χ1) is 9.60. The van der Waals surface area contributed by atoms with Gasteiger partial charge in [-0.1, -0.05) is 13.8 Å². The summed E-state index contributed by atoms with van der Waals surface area (Å²) in [5, 5.41) is 6.18. The van der Waals surface area contributed by atoms with Crippen LogP contribution in [0.15, 0.2) is 17.5 Å². The van der Waals surface area contributed by atoms with E-state index in [0.29, 0.717) is 6.54 Å². The minimum absolute atomic E-state index is 0.104. The Kier molecular flexibility index (Phi) is 5.31. The lowest BCUT2D eigenvalue weighted by Gasteiger charge is -2.08. The maximum absolute atomic E-state index is 11.7. The number of rotatable bonds is 6. The van der Waals surface area contributed by atoms with Crippen LogP contribution in [0.4, 0.5) is 0 Å². The summed E-state index contributed by atoms with van der Waals surface area (Å²) in [6, 6.07) is 4.25. The van der Waals surface area contributed by atoms with Crippen LogP contribution in [0.2, 0.25) is 0 Å². The minimum atomic E-state index is 0.104. The van der Waals surface area contributed by atoms with Crippen LogP contribution < -0.4 is 5.32 Å². The summed E-state index contributed by atoms with van der Waals surface area (Å²) >= 11 is 3.43. The van der Waals surface area contributed by atoms with Crippen LogP contribution in [0.5, 0.6) is 0 Å². The van der Waals surface area contributed by atoms with Crippen molar-refractivity contribution in [1.29, 1.82) is 0 Å². The average Bonchev–Trinajstić information content (AvgIpc) is 3.06. The van der Waals surface area contributed by atoms with Gasteiger partial charge in [0.15, 0.2) is 0 Å². The first-order valence-corrected chi connectivity index (χ1v) is 8.58. The summed E-state index contributed by atoms with van der Waals surface area (Å²) < 4.78 is 0. The van der Waals surface area contributed by atoms with Gasteiger partial charge in [0, 0.05) is 22.7 Å². The first kappa shape index (κ1) is 15.2. The summed E-state index contributed by atoms with van der Waals surface area (Å²) in [6.45, 7) is 6.72. The zero-order valence-electron chi connectivity index (χ0n) is 12.1. The van der Waals surface area contributed by atoms with Crippen molar-refractivity contribution in [2.45, 2.75) is 33.6 Å². The number of thiophene rings is 1. The fourth-order valence-corrected chi connectivity index (χ4v) is 3.45. The Morgan fingerprint density at radius 2 is 2.25 bits per heavy atom. The summed E-state index contributed by atoms with van der Waals surface area (Å²) in [6.07, 6.45) is 1.77. The molecular formula is C15H20N2OS2. The maximum atomic E-state index is 11.7. The number of carbonyl (C=O) groups excluding carboxylic acids is 1. The van der Waals surface area contributed by atoms with Crippen molar-refractivity contribution in [2.75, 3.05) is 6.54 Å². The number of hydrogen-bond donors (Lipinski definition) is 1. The predicted molar refractivity (Wildman–Crippen MR) is 86.3 cm³/mol. The number of hydrogen-bond acceptors (Lipinski definition) is 4. The van der Waals surface area contributed by atoms with Gasteiger partial charge in [-0.15, -0.1) is 22.7 Å². The third-order valence-corrected chi connectivity index (χ3v) is 5.20. The summed E-state index contributed by atoms with van der Waals surface area (Å²) in [5.74, 6) is 0.256. The van der Waals surface area contributed by atoms with Crippen molar-refractivity contribution in [3.63, 3.8) is 0 Å². The van der Waals surface area contributed by atoms with Gasteiger partial charge in [-0.05, 0) is 31.9 Å². The van der Waals surface area contributed by atoms with Crippen LogP contribution in [0.25, 0.3) is 10.6 Å². The number of nitrogens with zero attached hydrogens (tertiary/aromatic N) is 1. The van der Waals surface area contributed by atoms with E-state index in [1.165, 1.54) is 9.75 Å². The van der Waals surface area contributed by atoms with Gasteiger partial charge in [-0.25, -0.2) is 4.98 Å². The SMILES string of the molecule is CCC(C)C(=O)NCCc1ccc(-c2csc(C)n2)s1. The van der Waals surface area contributed by atoms with Crippen LogP contribution in [0, 0.1) is 12.8 Å². The molecule has 0 bridgehead atoms. The first-order valence-electron chi connectivity index (χ1n) is 6.89. The van der Waals surface area contributed by atoms with E-state index in [4.69, 9.17) is 0 Å². The zero-order chi connectivity index (χ0) is 14.5. The molecule has 0 fully saturated rings. The molecule has 0 spiro atoms. The predicted octanol–water partition coefficient (Wildman–Crippen LogP) is 3.88. The molecule has 0 aliphatic heterocycles. The van der Waals surface area contributed by atoms with Crippen molar-refractivity contribution in [2.24, 2.45) is 5.92 Å². The van der Waals surface area contributed by atoms with E-state index >= 15 is 0 Å². The van der Waals surface area contributed by atoms with Crippen molar-refractivity contribution in [1.82, 2.24) is 10.3 Å². The fraction of sp³-hybridized carbons (Fsp3) is 0.467. The second kappa shape index (κ2) is 6.99. The number of carbonyl (C=O) groups is 1. The maximum Gasteiger partial charge on any atom is 0.222 e. The Morgan fingerprint density at radius 1 is 1.45 bits per heavy atom. The Labute approximate surface area is 128 Å².